The van der Waals surface area contributed by atoms with Crippen LogP contribution in [-0.2, 0) is 32.3 Å². The van der Waals surface area contributed by atoms with E-state index >= 15 is 0 Å². The fourth-order valence-electron chi connectivity index (χ4n) is 4.16. The van der Waals surface area contributed by atoms with E-state index in [1.807, 2.05) is 60.7 Å². The van der Waals surface area contributed by atoms with Gasteiger partial charge >= 0.3 is 18.1 Å². The van der Waals surface area contributed by atoms with Crippen LogP contribution < -0.4 is 10.2 Å². The standard InChI is InChI=1S/C29H29N3O6/c1-31-18-23(26(33)32(29(31)36)24-15-9-4-10-16-24)17-25(27(34)37-19-21-11-5-2-6-12-21)30-28(35)38-20-22-13-7-3-8-14-22/h2-16,23,25H,17-20H2,1H3,(H,30,35)/t23-,25+/m1/s1. The molecule has 0 spiro atoms. The highest BCUT2D eigenvalue weighted by atomic mass is 16.6. The number of para-hydroxylation sites is 1. The molecule has 3 aromatic rings. The summed E-state index contributed by atoms with van der Waals surface area (Å²) in [6.45, 7) is 0.105. The number of urea groups is 1. The molecule has 9 heteroatoms. The summed E-state index contributed by atoms with van der Waals surface area (Å²) in [4.78, 5) is 54.4. The molecular formula is C29H29N3O6. The van der Waals surface area contributed by atoms with E-state index in [0.717, 1.165) is 16.0 Å². The molecule has 1 fully saturated rings. The maximum absolute atomic E-state index is 13.4. The van der Waals surface area contributed by atoms with Crippen LogP contribution in [-0.4, -0.2) is 48.5 Å². The number of esters is 1. The molecule has 1 aliphatic rings. The Hall–Kier alpha value is -4.66. The lowest BCUT2D eigenvalue weighted by molar-refractivity contribution is -0.148. The largest absolute Gasteiger partial charge is 0.459 e. The second-order valence-corrected chi connectivity index (χ2v) is 8.96. The van der Waals surface area contributed by atoms with E-state index < -0.39 is 36.0 Å². The molecule has 0 aromatic heterocycles. The number of amides is 4. The maximum atomic E-state index is 13.4. The van der Waals surface area contributed by atoms with E-state index in [1.54, 1.807) is 37.4 Å². The smallest absolute Gasteiger partial charge is 0.408 e. The van der Waals surface area contributed by atoms with E-state index in [2.05, 4.69) is 5.32 Å². The zero-order valence-corrected chi connectivity index (χ0v) is 21.0. The minimum Gasteiger partial charge on any atom is -0.459 e. The lowest BCUT2D eigenvalue weighted by Gasteiger charge is -2.37. The molecule has 196 valence electrons. The molecule has 4 rings (SSSR count). The maximum Gasteiger partial charge on any atom is 0.408 e. The van der Waals surface area contributed by atoms with Crippen LogP contribution in [0.25, 0.3) is 0 Å². The van der Waals surface area contributed by atoms with Crippen molar-refractivity contribution in [1.82, 2.24) is 10.2 Å². The first-order valence-corrected chi connectivity index (χ1v) is 12.2. The quantitative estimate of drug-likeness (QED) is 0.430. The Kier molecular flexibility index (Phi) is 8.71. The molecule has 1 N–H and O–H groups in total. The van der Waals surface area contributed by atoms with Crippen molar-refractivity contribution < 1.29 is 28.7 Å². The number of nitrogens with zero attached hydrogens (tertiary/aromatic N) is 2. The first-order chi connectivity index (χ1) is 18.4. The van der Waals surface area contributed by atoms with Crippen LogP contribution >= 0.6 is 0 Å². The number of carbonyl (C=O) groups is 4. The minimum atomic E-state index is -1.17. The number of ether oxygens (including phenoxy) is 2. The normalized spacial score (nSPS) is 16.1. The Bertz CT molecular complexity index is 1250. The van der Waals surface area contributed by atoms with Crippen LogP contribution in [0.4, 0.5) is 15.3 Å². The second-order valence-electron chi connectivity index (χ2n) is 8.96. The van der Waals surface area contributed by atoms with Crippen LogP contribution in [0, 0.1) is 5.92 Å². The van der Waals surface area contributed by atoms with Gasteiger partial charge in [0.2, 0.25) is 5.91 Å². The molecule has 3 aromatic carbocycles. The van der Waals surface area contributed by atoms with Gasteiger partial charge in [0.1, 0.15) is 19.3 Å². The molecular weight excluding hydrogens is 486 g/mol. The molecule has 9 nitrogen and oxygen atoms in total. The van der Waals surface area contributed by atoms with Crippen molar-refractivity contribution in [3.63, 3.8) is 0 Å². The molecule has 0 saturated carbocycles. The average molecular weight is 516 g/mol. The SMILES string of the molecule is CN1C[C@@H](C[C@H](NC(=O)OCc2ccccc2)C(=O)OCc2ccccc2)C(=O)N(c2ccccc2)C1=O. The number of nitrogens with one attached hydrogen (secondary N) is 1. The first-order valence-electron chi connectivity index (χ1n) is 12.2. The van der Waals surface area contributed by atoms with Gasteiger partial charge in [-0.15, -0.1) is 0 Å². The third-order valence-electron chi connectivity index (χ3n) is 6.13. The van der Waals surface area contributed by atoms with Gasteiger partial charge in [-0.25, -0.2) is 19.3 Å². The number of rotatable bonds is 9. The van der Waals surface area contributed by atoms with E-state index in [1.165, 1.54) is 4.90 Å². The number of hydrogen-bond acceptors (Lipinski definition) is 6. The van der Waals surface area contributed by atoms with E-state index in [4.69, 9.17) is 9.47 Å². The number of alkyl carbamates (subject to hydrolysis) is 1. The van der Waals surface area contributed by atoms with Gasteiger partial charge in [0.25, 0.3) is 0 Å². The van der Waals surface area contributed by atoms with Crippen LogP contribution in [0.15, 0.2) is 91.0 Å². The molecule has 1 saturated heterocycles. The molecule has 4 amide bonds. The summed E-state index contributed by atoms with van der Waals surface area (Å²) >= 11 is 0. The van der Waals surface area contributed by atoms with Gasteiger partial charge in [-0.3, -0.25) is 4.79 Å². The van der Waals surface area contributed by atoms with Crippen molar-refractivity contribution in [2.45, 2.75) is 25.7 Å². The molecule has 0 aliphatic carbocycles. The molecule has 2 atom stereocenters. The predicted molar refractivity (Wildman–Crippen MR) is 140 cm³/mol. The lowest BCUT2D eigenvalue weighted by Crippen LogP contribution is -2.57. The van der Waals surface area contributed by atoms with Gasteiger partial charge in [-0.1, -0.05) is 78.9 Å². The highest BCUT2D eigenvalue weighted by molar-refractivity contribution is 6.16. The third-order valence-corrected chi connectivity index (χ3v) is 6.13. The summed E-state index contributed by atoms with van der Waals surface area (Å²) in [5.41, 5.74) is 1.99. The number of carbonyl (C=O) groups excluding carboxylic acids is 4. The zero-order chi connectivity index (χ0) is 26.9. The number of benzene rings is 3. The Morgan fingerprint density at radius 1 is 0.842 bits per heavy atom. The van der Waals surface area contributed by atoms with Crippen molar-refractivity contribution in [2.75, 3.05) is 18.5 Å². The van der Waals surface area contributed by atoms with Gasteiger partial charge < -0.3 is 19.7 Å². The topological polar surface area (TPSA) is 105 Å². The highest BCUT2D eigenvalue weighted by Crippen LogP contribution is 2.26. The van der Waals surface area contributed by atoms with Gasteiger partial charge in [-0.2, -0.15) is 0 Å². The van der Waals surface area contributed by atoms with Crippen molar-refractivity contribution in [1.29, 1.82) is 0 Å². The molecule has 0 bridgehead atoms. The van der Waals surface area contributed by atoms with Gasteiger partial charge in [-0.05, 0) is 29.7 Å². The first kappa shape index (κ1) is 26.4. The van der Waals surface area contributed by atoms with Crippen LogP contribution in [0.3, 0.4) is 0 Å². The Morgan fingerprint density at radius 3 is 1.95 bits per heavy atom. The summed E-state index contributed by atoms with van der Waals surface area (Å²) < 4.78 is 10.8. The summed E-state index contributed by atoms with van der Waals surface area (Å²) in [6.07, 6.45) is -0.892. The lowest BCUT2D eigenvalue weighted by atomic mass is 9.95. The van der Waals surface area contributed by atoms with E-state index in [0.29, 0.717) is 5.69 Å². The summed E-state index contributed by atoms with van der Waals surface area (Å²) in [5, 5.41) is 2.56. The number of imide groups is 1. The van der Waals surface area contributed by atoms with Crippen molar-refractivity contribution in [3.8, 4) is 0 Å². The molecule has 0 radical (unpaired) electrons. The van der Waals surface area contributed by atoms with Crippen molar-refractivity contribution >= 4 is 29.7 Å². The van der Waals surface area contributed by atoms with Gasteiger partial charge in [0.15, 0.2) is 0 Å². The Balaban J connectivity index is 1.48. The fraction of sp³-hybridized carbons (Fsp3) is 0.241. The molecule has 1 heterocycles. The molecule has 0 unspecified atom stereocenters. The monoisotopic (exact) mass is 515 g/mol. The molecule has 38 heavy (non-hydrogen) atoms. The average Bonchev–Trinajstić information content (AvgIpc) is 2.95. The van der Waals surface area contributed by atoms with Crippen LogP contribution in [0.2, 0.25) is 0 Å². The van der Waals surface area contributed by atoms with Gasteiger partial charge in [0, 0.05) is 13.6 Å². The summed E-state index contributed by atoms with van der Waals surface area (Å²) in [5.74, 6) is -1.93. The third kappa shape index (κ3) is 6.76. The summed E-state index contributed by atoms with van der Waals surface area (Å²) in [6, 6.07) is 25.2. The number of hydrogen-bond donors (Lipinski definition) is 1. The van der Waals surface area contributed by atoms with Gasteiger partial charge in [0.05, 0.1) is 11.6 Å². The Labute approximate surface area is 220 Å². The van der Waals surface area contributed by atoms with E-state index in [-0.39, 0.29) is 26.2 Å². The predicted octanol–water partition coefficient (Wildman–Crippen LogP) is 4.13. The number of anilines is 1. The van der Waals surface area contributed by atoms with Crippen molar-refractivity contribution in [3.05, 3.63) is 102 Å². The summed E-state index contributed by atoms with van der Waals surface area (Å²) in [7, 11) is 1.59. The van der Waals surface area contributed by atoms with Crippen LogP contribution in [0.1, 0.15) is 17.5 Å². The van der Waals surface area contributed by atoms with E-state index in [9.17, 15) is 19.2 Å². The molecule has 1 aliphatic heterocycles. The van der Waals surface area contributed by atoms with Crippen molar-refractivity contribution in [2.24, 2.45) is 5.92 Å². The van der Waals surface area contributed by atoms with Crippen LogP contribution in [0.5, 0.6) is 0 Å². The zero-order valence-electron chi connectivity index (χ0n) is 21.0. The fourth-order valence-corrected chi connectivity index (χ4v) is 4.16. The Morgan fingerprint density at radius 2 is 1.37 bits per heavy atom. The second kappa shape index (κ2) is 12.5. The minimum absolute atomic E-state index is 0.00403. The highest BCUT2D eigenvalue weighted by Gasteiger charge is 2.41.